The van der Waals surface area contributed by atoms with Gasteiger partial charge in [0, 0.05) is 18.8 Å². The summed E-state index contributed by atoms with van der Waals surface area (Å²) in [6.45, 7) is 2.01. The van der Waals surface area contributed by atoms with Crippen molar-refractivity contribution in [1.82, 2.24) is 0 Å². The van der Waals surface area contributed by atoms with Gasteiger partial charge < -0.3 is 20.2 Å². The fourth-order valence-electron chi connectivity index (χ4n) is 4.56. The molecule has 0 radical (unpaired) electrons. The van der Waals surface area contributed by atoms with Crippen molar-refractivity contribution >= 4 is 5.69 Å². The fraction of sp³-hybridized carbons (Fsp3) is 0.514. The smallest absolute Gasteiger partial charge is 0.114 e. The number of benzene rings is 2. The van der Waals surface area contributed by atoms with Gasteiger partial charge in [0.25, 0.3) is 0 Å². The Morgan fingerprint density at radius 1 is 0.512 bits per heavy atom. The van der Waals surface area contributed by atoms with E-state index in [9.17, 15) is 10.2 Å². The van der Waals surface area contributed by atoms with Gasteiger partial charge in [0.2, 0.25) is 0 Å². The Morgan fingerprint density at radius 2 is 0.902 bits per heavy atom. The molecule has 0 bridgehead atoms. The van der Waals surface area contributed by atoms with Crippen LogP contribution in [0.4, 0.5) is 5.69 Å². The molecule has 0 aliphatic carbocycles. The Labute approximate surface area is 250 Å². The largest absolute Gasteiger partial charge is 0.380 e. The summed E-state index contributed by atoms with van der Waals surface area (Å²) in [4.78, 5) is 2.41. The summed E-state index contributed by atoms with van der Waals surface area (Å²) in [6, 6.07) is 21.0. The van der Waals surface area contributed by atoms with Crippen LogP contribution in [-0.4, -0.2) is 46.7 Å². The zero-order valence-corrected chi connectivity index (χ0v) is 24.8. The van der Waals surface area contributed by atoms with Crippen molar-refractivity contribution in [2.45, 2.75) is 108 Å². The number of nitrogens with zero attached hydrogens (tertiary/aromatic N) is 1. The first-order chi connectivity index (χ1) is 20.0. The number of terminal acetylenes is 3. The lowest BCUT2D eigenvalue weighted by atomic mass is 10.0. The first-order valence-electron chi connectivity index (χ1n) is 15.3. The second-order valence-corrected chi connectivity index (χ2v) is 10.5. The molecule has 41 heavy (non-hydrogen) atoms. The van der Waals surface area contributed by atoms with Gasteiger partial charge in [-0.1, -0.05) is 92.0 Å². The third-order valence-electron chi connectivity index (χ3n) is 7.05. The molecule has 2 rings (SSSR count). The lowest BCUT2D eigenvalue weighted by molar-refractivity contribution is 0.217. The maximum atomic E-state index is 9.39. The predicted molar refractivity (Wildman–Crippen MR) is 173 cm³/mol. The maximum Gasteiger partial charge on any atom is 0.114 e. The number of aryl methyl sites for hydroxylation is 1. The minimum atomic E-state index is -0.608. The molecule has 0 fully saturated rings. The Bertz CT molecular complexity index is 972. The molecule has 4 nitrogen and oxygen atoms in total. The van der Waals surface area contributed by atoms with Gasteiger partial charge in [-0.15, -0.1) is 19.3 Å². The van der Waals surface area contributed by atoms with Gasteiger partial charge >= 0.3 is 0 Å². The van der Waals surface area contributed by atoms with Crippen molar-refractivity contribution in [2.75, 3.05) is 18.0 Å². The Balaban J connectivity index is 0.000000452. The van der Waals surface area contributed by atoms with Crippen molar-refractivity contribution in [3.63, 3.8) is 0 Å². The lowest BCUT2D eigenvalue weighted by Gasteiger charge is -2.25. The van der Waals surface area contributed by atoms with Crippen LogP contribution >= 0.6 is 0 Å². The van der Waals surface area contributed by atoms with E-state index in [0.717, 1.165) is 77.3 Å². The van der Waals surface area contributed by atoms with Crippen LogP contribution < -0.4 is 4.90 Å². The minimum Gasteiger partial charge on any atom is -0.380 e. The molecule has 222 valence electrons. The number of para-hydroxylation sites is 1. The summed E-state index contributed by atoms with van der Waals surface area (Å²) in [5, 5.41) is 27.9. The van der Waals surface area contributed by atoms with Crippen molar-refractivity contribution in [2.24, 2.45) is 0 Å². The van der Waals surface area contributed by atoms with Crippen LogP contribution in [0.1, 0.15) is 89.0 Å². The van der Waals surface area contributed by atoms with Crippen molar-refractivity contribution in [3.8, 4) is 37.0 Å². The summed E-state index contributed by atoms with van der Waals surface area (Å²) in [5.41, 5.74) is 2.65. The van der Waals surface area contributed by atoms with E-state index in [-0.39, 0.29) is 0 Å². The summed E-state index contributed by atoms with van der Waals surface area (Å²) < 4.78 is 0. The molecule has 3 unspecified atom stereocenters. The van der Waals surface area contributed by atoms with Crippen LogP contribution in [0, 0.1) is 37.0 Å². The van der Waals surface area contributed by atoms with Crippen molar-refractivity contribution in [1.29, 1.82) is 0 Å². The van der Waals surface area contributed by atoms with E-state index in [0.29, 0.717) is 12.8 Å². The normalized spacial score (nSPS) is 12.5. The average molecular weight is 558 g/mol. The highest BCUT2D eigenvalue weighted by Crippen LogP contribution is 2.17. The van der Waals surface area contributed by atoms with E-state index >= 15 is 0 Å². The molecule has 0 heterocycles. The van der Waals surface area contributed by atoms with Crippen molar-refractivity contribution in [3.05, 3.63) is 66.2 Å². The van der Waals surface area contributed by atoms with E-state index < -0.39 is 18.3 Å². The van der Waals surface area contributed by atoms with E-state index in [1.54, 1.807) is 0 Å². The quantitative estimate of drug-likeness (QED) is 0.124. The minimum absolute atomic E-state index is 0.547. The molecule has 4 heteroatoms. The number of unbranched alkanes of at least 4 members (excludes halogenated alkanes) is 7. The number of anilines is 1. The molecule has 0 saturated carbocycles. The van der Waals surface area contributed by atoms with Gasteiger partial charge in [0.15, 0.2) is 0 Å². The summed E-state index contributed by atoms with van der Waals surface area (Å²) in [5.74, 6) is 7.05. The number of aliphatic hydroxyl groups is 3. The van der Waals surface area contributed by atoms with Crippen LogP contribution in [0.5, 0.6) is 0 Å². The molecule has 0 aliphatic heterocycles. The van der Waals surface area contributed by atoms with Gasteiger partial charge in [0.05, 0.1) is 0 Å². The molecule has 0 aromatic heterocycles. The molecule has 2 aromatic rings. The number of rotatable bonds is 20. The van der Waals surface area contributed by atoms with Gasteiger partial charge in [-0.2, -0.15) is 0 Å². The topological polar surface area (TPSA) is 63.9 Å². The highest BCUT2D eigenvalue weighted by Gasteiger charge is 2.07. The molecular weight excluding hydrogens is 506 g/mol. The SMILES string of the molecule is C#CC(O)CCCCCCc1ccccc1.C#CC(O)CCCCCN(CCCCCC(O)C#C)c1ccccc1. The Hall–Kier alpha value is -3.20. The van der Waals surface area contributed by atoms with Gasteiger partial charge in [-0.3, -0.25) is 0 Å². The van der Waals surface area contributed by atoms with Crippen LogP contribution in [0.2, 0.25) is 0 Å². The van der Waals surface area contributed by atoms with E-state index in [4.69, 9.17) is 24.4 Å². The standard InChI is InChI=1S/C22H31NO2.C15H20O/c1-3-21(24)16-10-6-12-18-23(20-14-8-5-9-15-20)19-13-7-11-17-22(25)4-2;1-2-15(16)13-9-4-3-6-10-14-11-7-5-8-12-14/h1-2,5,8-9,14-15,21-22,24-25H,6-7,10-13,16-19H2;1,5,7-8,11-12,15-16H,3-4,6,9-10,13H2. The first kappa shape index (κ1) is 35.8. The number of hydrogen-bond acceptors (Lipinski definition) is 4. The van der Waals surface area contributed by atoms with Gasteiger partial charge in [0.1, 0.15) is 18.3 Å². The summed E-state index contributed by atoms with van der Waals surface area (Å²) in [7, 11) is 0. The molecule has 0 saturated heterocycles. The molecular formula is C37H51NO3. The van der Waals surface area contributed by atoms with Gasteiger partial charge in [-0.05, 0) is 81.9 Å². The summed E-state index contributed by atoms with van der Waals surface area (Å²) in [6.07, 6.45) is 27.8. The number of aliphatic hydroxyl groups excluding tert-OH is 3. The van der Waals surface area contributed by atoms with Crippen molar-refractivity contribution < 1.29 is 15.3 Å². The van der Waals surface area contributed by atoms with Crippen LogP contribution in [-0.2, 0) is 6.42 Å². The van der Waals surface area contributed by atoms with Gasteiger partial charge in [-0.25, -0.2) is 0 Å². The van der Waals surface area contributed by atoms with E-state index in [2.05, 4.69) is 71.2 Å². The summed E-state index contributed by atoms with van der Waals surface area (Å²) >= 11 is 0. The van der Waals surface area contributed by atoms with E-state index in [1.807, 2.05) is 12.1 Å². The molecule has 2 aromatic carbocycles. The molecule has 0 aliphatic rings. The zero-order chi connectivity index (χ0) is 30.0. The third-order valence-corrected chi connectivity index (χ3v) is 7.05. The highest BCUT2D eigenvalue weighted by molar-refractivity contribution is 5.45. The van der Waals surface area contributed by atoms with Crippen LogP contribution in [0.3, 0.4) is 0 Å². The van der Waals surface area contributed by atoms with E-state index in [1.165, 1.54) is 24.1 Å². The zero-order valence-electron chi connectivity index (χ0n) is 24.8. The lowest BCUT2D eigenvalue weighted by Crippen LogP contribution is -2.25. The average Bonchev–Trinajstić information content (AvgIpc) is 3.02. The maximum absolute atomic E-state index is 9.39. The van der Waals surface area contributed by atoms with Crippen LogP contribution in [0.15, 0.2) is 60.7 Å². The first-order valence-corrected chi connectivity index (χ1v) is 15.3. The third kappa shape index (κ3) is 19.5. The second-order valence-electron chi connectivity index (χ2n) is 10.5. The van der Waals surface area contributed by atoms with Crippen LogP contribution in [0.25, 0.3) is 0 Å². The second kappa shape index (κ2) is 24.6. The molecule has 3 N–H and O–H groups in total. The number of hydrogen-bond donors (Lipinski definition) is 3. The molecule has 3 atom stereocenters. The highest BCUT2D eigenvalue weighted by atomic mass is 16.3. The monoisotopic (exact) mass is 557 g/mol. The molecule has 0 spiro atoms. The Morgan fingerprint density at radius 3 is 1.34 bits per heavy atom. The predicted octanol–water partition coefficient (Wildman–Crippen LogP) is 6.78. The fourth-order valence-corrected chi connectivity index (χ4v) is 4.56. The molecule has 0 amide bonds. The Kier molecular flexibility index (Phi) is 21.5.